The van der Waals surface area contributed by atoms with E-state index in [1.54, 1.807) is 24.3 Å². The maximum Gasteiger partial charge on any atom is 0.323 e. The molecule has 1 N–H and O–H groups in total. The molecule has 0 atom stereocenters. The predicted molar refractivity (Wildman–Crippen MR) is 86.3 cm³/mol. The SMILES string of the molecule is O=C(O)Cn1c(=O)c(-c2ccccc2)cc2ccc(Cl)cc21. The third kappa shape index (κ3) is 2.61. The van der Waals surface area contributed by atoms with E-state index in [4.69, 9.17) is 16.7 Å². The number of rotatable bonds is 3. The maximum atomic E-state index is 12.7. The van der Waals surface area contributed by atoms with Crippen molar-refractivity contribution in [2.24, 2.45) is 0 Å². The highest BCUT2D eigenvalue weighted by Gasteiger charge is 2.13. The van der Waals surface area contributed by atoms with Crippen molar-refractivity contribution >= 4 is 28.5 Å². The van der Waals surface area contributed by atoms with Crippen LogP contribution >= 0.6 is 11.6 Å². The minimum absolute atomic E-state index is 0.344. The first kappa shape index (κ1) is 14.4. The van der Waals surface area contributed by atoms with Crippen molar-refractivity contribution < 1.29 is 9.90 Å². The van der Waals surface area contributed by atoms with Gasteiger partial charge in [-0.05, 0) is 29.1 Å². The van der Waals surface area contributed by atoms with Gasteiger partial charge in [-0.15, -0.1) is 0 Å². The third-order valence-corrected chi connectivity index (χ3v) is 3.67. The Kier molecular flexibility index (Phi) is 3.69. The molecule has 0 saturated heterocycles. The first-order valence-electron chi connectivity index (χ1n) is 6.66. The standard InChI is InChI=1S/C17H12ClNO3/c18-13-7-6-12-8-14(11-4-2-1-3-5-11)17(22)19(10-16(20)21)15(12)9-13/h1-9H,10H2,(H,20,21). The van der Waals surface area contributed by atoms with Gasteiger partial charge in [0, 0.05) is 10.6 Å². The van der Waals surface area contributed by atoms with Crippen molar-refractivity contribution in [3.63, 3.8) is 0 Å². The van der Waals surface area contributed by atoms with Crippen molar-refractivity contribution in [2.45, 2.75) is 6.54 Å². The molecular weight excluding hydrogens is 302 g/mol. The number of aromatic nitrogens is 1. The number of aliphatic carboxylic acids is 1. The summed E-state index contributed by atoms with van der Waals surface area (Å²) in [5.41, 5.74) is 1.39. The Bertz CT molecular complexity index is 916. The topological polar surface area (TPSA) is 59.3 Å². The molecule has 0 radical (unpaired) electrons. The van der Waals surface area contributed by atoms with E-state index in [-0.39, 0.29) is 5.56 Å². The lowest BCUT2D eigenvalue weighted by Crippen LogP contribution is -2.25. The molecule has 1 aromatic heterocycles. The second-order valence-corrected chi connectivity index (χ2v) is 5.35. The third-order valence-electron chi connectivity index (χ3n) is 3.44. The number of halogens is 1. The Hall–Kier alpha value is -2.59. The quantitative estimate of drug-likeness (QED) is 0.806. The lowest BCUT2D eigenvalue weighted by molar-refractivity contribution is -0.137. The van der Waals surface area contributed by atoms with Crippen molar-refractivity contribution in [1.82, 2.24) is 4.57 Å². The number of hydrogen-bond acceptors (Lipinski definition) is 2. The van der Waals surface area contributed by atoms with E-state index in [9.17, 15) is 9.59 Å². The minimum Gasteiger partial charge on any atom is -0.480 e. The summed E-state index contributed by atoms with van der Waals surface area (Å²) in [4.78, 5) is 23.8. The number of hydrogen-bond donors (Lipinski definition) is 1. The van der Waals surface area contributed by atoms with E-state index >= 15 is 0 Å². The van der Waals surface area contributed by atoms with Crippen LogP contribution in [-0.4, -0.2) is 15.6 Å². The summed E-state index contributed by atoms with van der Waals surface area (Å²) in [5, 5.41) is 10.3. The smallest absolute Gasteiger partial charge is 0.323 e. The number of carbonyl (C=O) groups is 1. The molecule has 0 spiro atoms. The number of carboxylic acids is 1. The molecule has 3 aromatic rings. The van der Waals surface area contributed by atoms with Crippen LogP contribution in [0.1, 0.15) is 0 Å². The number of carboxylic acid groups (broad SMARTS) is 1. The Morgan fingerprint density at radius 3 is 2.50 bits per heavy atom. The highest BCUT2D eigenvalue weighted by Crippen LogP contribution is 2.23. The number of pyridine rings is 1. The monoisotopic (exact) mass is 313 g/mol. The molecule has 2 aromatic carbocycles. The van der Waals surface area contributed by atoms with Gasteiger partial charge in [0.15, 0.2) is 0 Å². The molecular formula is C17H12ClNO3. The molecule has 22 heavy (non-hydrogen) atoms. The molecule has 0 aliphatic heterocycles. The van der Waals surface area contributed by atoms with Gasteiger partial charge < -0.3 is 5.11 Å². The molecule has 0 aliphatic carbocycles. The maximum absolute atomic E-state index is 12.7. The normalized spacial score (nSPS) is 10.8. The largest absolute Gasteiger partial charge is 0.480 e. The number of benzene rings is 2. The van der Waals surface area contributed by atoms with Gasteiger partial charge in [-0.2, -0.15) is 0 Å². The van der Waals surface area contributed by atoms with E-state index in [0.717, 1.165) is 10.9 Å². The second kappa shape index (κ2) is 5.66. The predicted octanol–water partition coefficient (Wildman–Crippen LogP) is 3.41. The average Bonchev–Trinajstić information content (AvgIpc) is 2.51. The van der Waals surface area contributed by atoms with Gasteiger partial charge in [0.2, 0.25) is 0 Å². The van der Waals surface area contributed by atoms with E-state index < -0.39 is 12.5 Å². The lowest BCUT2D eigenvalue weighted by Gasteiger charge is -2.11. The minimum atomic E-state index is -1.08. The lowest BCUT2D eigenvalue weighted by atomic mass is 10.0. The summed E-state index contributed by atoms with van der Waals surface area (Å²) >= 11 is 5.97. The van der Waals surface area contributed by atoms with Gasteiger partial charge in [0.25, 0.3) is 5.56 Å². The zero-order valence-corrected chi connectivity index (χ0v) is 12.2. The van der Waals surface area contributed by atoms with E-state index in [2.05, 4.69) is 0 Å². The molecule has 0 aliphatic rings. The van der Waals surface area contributed by atoms with Crippen molar-refractivity contribution in [3.05, 3.63) is 70.0 Å². The Morgan fingerprint density at radius 2 is 1.82 bits per heavy atom. The number of nitrogens with zero attached hydrogens (tertiary/aromatic N) is 1. The zero-order chi connectivity index (χ0) is 15.7. The second-order valence-electron chi connectivity index (χ2n) is 4.91. The van der Waals surface area contributed by atoms with Gasteiger partial charge in [0.05, 0.1) is 5.52 Å². The van der Waals surface area contributed by atoms with Crippen molar-refractivity contribution in [1.29, 1.82) is 0 Å². The van der Waals surface area contributed by atoms with Crippen LogP contribution in [-0.2, 0) is 11.3 Å². The Balaban J connectivity index is 2.36. The van der Waals surface area contributed by atoms with Crippen LogP contribution < -0.4 is 5.56 Å². The van der Waals surface area contributed by atoms with E-state index in [1.165, 1.54) is 4.57 Å². The summed E-state index contributed by atoms with van der Waals surface area (Å²) in [5.74, 6) is -1.08. The van der Waals surface area contributed by atoms with Crippen LogP contribution in [0, 0.1) is 0 Å². The van der Waals surface area contributed by atoms with Gasteiger partial charge in [-0.1, -0.05) is 48.0 Å². The van der Waals surface area contributed by atoms with Crippen LogP contribution in [0.4, 0.5) is 0 Å². The van der Waals surface area contributed by atoms with Crippen LogP contribution in [0.15, 0.2) is 59.4 Å². The molecule has 5 heteroatoms. The molecule has 0 saturated carbocycles. The Labute approximate surface area is 131 Å². The first-order valence-corrected chi connectivity index (χ1v) is 7.04. The average molecular weight is 314 g/mol. The van der Waals surface area contributed by atoms with Crippen LogP contribution in [0.25, 0.3) is 22.0 Å². The van der Waals surface area contributed by atoms with Crippen molar-refractivity contribution in [2.75, 3.05) is 0 Å². The zero-order valence-electron chi connectivity index (χ0n) is 11.5. The van der Waals surface area contributed by atoms with Crippen LogP contribution in [0.3, 0.4) is 0 Å². The molecule has 0 bridgehead atoms. The Morgan fingerprint density at radius 1 is 1.09 bits per heavy atom. The molecule has 1 heterocycles. The summed E-state index contributed by atoms with van der Waals surface area (Å²) in [6.07, 6.45) is 0. The highest BCUT2D eigenvalue weighted by atomic mass is 35.5. The van der Waals surface area contributed by atoms with Gasteiger partial charge in [0.1, 0.15) is 6.54 Å². The molecule has 110 valence electrons. The van der Waals surface area contributed by atoms with E-state index in [1.807, 2.05) is 30.3 Å². The summed E-state index contributed by atoms with van der Waals surface area (Å²) < 4.78 is 1.24. The molecule has 4 nitrogen and oxygen atoms in total. The van der Waals surface area contributed by atoms with Crippen molar-refractivity contribution in [3.8, 4) is 11.1 Å². The highest BCUT2D eigenvalue weighted by molar-refractivity contribution is 6.31. The summed E-state index contributed by atoms with van der Waals surface area (Å²) in [7, 11) is 0. The molecule has 0 fully saturated rings. The van der Waals surface area contributed by atoms with Gasteiger partial charge >= 0.3 is 5.97 Å². The molecule has 0 unspecified atom stereocenters. The summed E-state index contributed by atoms with van der Waals surface area (Å²) in [6, 6.07) is 16.0. The van der Waals surface area contributed by atoms with E-state index in [0.29, 0.717) is 16.1 Å². The fraction of sp³-hybridized carbons (Fsp3) is 0.0588. The molecule has 0 amide bonds. The fourth-order valence-corrected chi connectivity index (χ4v) is 2.63. The van der Waals surface area contributed by atoms with Gasteiger partial charge in [-0.3, -0.25) is 14.2 Å². The molecule has 3 rings (SSSR count). The first-order chi connectivity index (χ1) is 10.6. The van der Waals surface area contributed by atoms with Gasteiger partial charge in [-0.25, -0.2) is 0 Å². The van der Waals surface area contributed by atoms with Crippen LogP contribution in [0.5, 0.6) is 0 Å². The summed E-state index contributed by atoms with van der Waals surface area (Å²) in [6.45, 7) is -0.406. The number of fused-ring (bicyclic) bond motifs is 1. The fourth-order valence-electron chi connectivity index (χ4n) is 2.46. The van der Waals surface area contributed by atoms with Crippen LogP contribution in [0.2, 0.25) is 5.02 Å².